The number of carbonyl (C=O) groups is 4. The first kappa shape index (κ1) is 24.3. The number of nitrogens with one attached hydrogen (secondary N) is 2. The van der Waals surface area contributed by atoms with Gasteiger partial charge in [-0.15, -0.1) is 11.8 Å². The van der Waals surface area contributed by atoms with Crippen LogP contribution in [0.15, 0.2) is 40.8 Å². The third kappa shape index (κ3) is 6.74. The maximum Gasteiger partial charge on any atom is 0.319 e. The van der Waals surface area contributed by atoms with Crippen LogP contribution in [0.4, 0.5) is 10.5 Å². The molecule has 1 aromatic rings. The summed E-state index contributed by atoms with van der Waals surface area (Å²) in [5, 5.41) is 5.57. The zero-order valence-electron chi connectivity index (χ0n) is 18.2. The number of likely N-dealkylation sites (N-methyl/N-ethyl adjacent to an activating group) is 1. The summed E-state index contributed by atoms with van der Waals surface area (Å²) in [4.78, 5) is 53.2. The summed E-state index contributed by atoms with van der Waals surface area (Å²) < 4.78 is 0. The number of amides is 5. The zero-order valence-corrected chi connectivity index (χ0v) is 19.0. The topological polar surface area (TPSA) is 125 Å². The lowest BCUT2D eigenvalue weighted by atomic mass is 10.1. The van der Waals surface area contributed by atoms with Crippen LogP contribution in [0.2, 0.25) is 0 Å². The molecule has 0 saturated carbocycles. The van der Waals surface area contributed by atoms with E-state index in [-0.39, 0.29) is 12.5 Å². The van der Waals surface area contributed by atoms with Crippen molar-refractivity contribution in [2.24, 2.45) is 5.73 Å². The van der Waals surface area contributed by atoms with Crippen LogP contribution >= 0.6 is 11.8 Å². The molecule has 1 fully saturated rings. The Morgan fingerprint density at radius 3 is 2.61 bits per heavy atom. The van der Waals surface area contributed by atoms with Gasteiger partial charge in [0.05, 0.1) is 12.6 Å². The number of benzene rings is 1. The SMILES string of the molecule is CSc1cccc(NC(=O)NC2CCN(C(=O)C=C(C)C)C2C(=O)N(C)CC(N)=O)c1. The molecule has 4 N–H and O–H groups in total. The molecule has 1 aliphatic heterocycles. The van der Waals surface area contributed by atoms with E-state index in [0.717, 1.165) is 10.5 Å². The second kappa shape index (κ2) is 10.9. The van der Waals surface area contributed by atoms with E-state index in [1.54, 1.807) is 31.7 Å². The molecular weight excluding hydrogens is 418 g/mol. The van der Waals surface area contributed by atoms with Crippen LogP contribution < -0.4 is 16.4 Å². The number of allylic oxidation sites excluding steroid dienone is 1. The Bertz CT molecular complexity index is 884. The van der Waals surface area contributed by atoms with Gasteiger partial charge >= 0.3 is 6.03 Å². The van der Waals surface area contributed by atoms with E-state index in [1.807, 2.05) is 24.5 Å². The van der Waals surface area contributed by atoms with Gasteiger partial charge in [-0.05, 0) is 44.7 Å². The number of primary amides is 1. The van der Waals surface area contributed by atoms with Gasteiger partial charge in [0.2, 0.25) is 17.7 Å². The Morgan fingerprint density at radius 1 is 1.29 bits per heavy atom. The van der Waals surface area contributed by atoms with Crippen molar-refractivity contribution in [2.75, 3.05) is 31.7 Å². The molecule has 10 heteroatoms. The van der Waals surface area contributed by atoms with Crippen LogP contribution in [0.25, 0.3) is 0 Å². The first-order chi connectivity index (χ1) is 14.6. The lowest BCUT2D eigenvalue weighted by molar-refractivity contribution is -0.142. The number of nitrogens with two attached hydrogens (primary N) is 1. The molecule has 168 valence electrons. The van der Waals surface area contributed by atoms with Crippen LogP contribution in [0.1, 0.15) is 20.3 Å². The summed E-state index contributed by atoms with van der Waals surface area (Å²) in [6, 6.07) is 5.35. The Morgan fingerprint density at radius 2 is 2.00 bits per heavy atom. The highest BCUT2D eigenvalue weighted by Gasteiger charge is 2.43. The molecule has 0 bridgehead atoms. The summed E-state index contributed by atoms with van der Waals surface area (Å²) in [6.45, 7) is 3.60. The average molecular weight is 448 g/mol. The van der Waals surface area contributed by atoms with E-state index in [1.165, 1.54) is 22.9 Å². The lowest BCUT2D eigenvalue weighted by Crippen LogP contribution is -2.56. The molecule has 31 heavy (non-hydrogen) atoms. The highest BCUT2D eigenvalue weighted by Crippen LogP contribution is 2.22. The molecule has 2 atom stereocenters. The number of hydrogen-bond donors (Lipinski definition) is 3. The fourth-order valence-electron chi connectivity index (χ4n) is 3.40. The summed E-state index contributed by atoms with van der Waals surface area (Å²) >= 11 is 1.55. The average Bonchev–Trinajstić information content (AvgIpc) is 3.09. The smallest absolute Gasteiger partial charge is 0.319 e. The van der Waals surface area contributed by atoms with Crippen LogP contribution in [0.5, 0.6) is 0 Å². The van der Waals surface area contributed by atoms with Crippen molar-refractivity contribution in [3.63, 3.8) is 0 Å². The van der Waals surface area contributed by atoms with Gasteiger partial charge in [-0.2, -0.15) is 0 Å². The Balaban J connectivity index is 2.19. The summed E-state index contributed by atoms with van der Waals surface area (Å²) in [6.07, 6.45) is 3.79. The molecule has 5 amide bonds. The molecule has 1 aromatic carbocycles. The maximum atomic E-state index is 13.0. The number of urea groups is 1. The van der Waals surface area contributed by atoms with Gasteiger partial charge in [-0.3, -0.25) is 14.4 Å². The first-order valence-electron chi connectivity index (χ1n) is 9.82. The number of anilines is 1. The van der Waals surface area contributed by atoms with Crippen LogP contribution in [-0.2, 0) is 14.4 Å². The van der Waals surface area contributed by atoms with E-state index in [0.29, 0.717) is 18.7 Å². The molecule has 2 unspecified atom stereocenters. The second-order valence-electron chi connectivity index (χ2n) is 7.58. The number of likely N-dealkylation sites (tertiary alicyclic amines) is 1. The van der Waals surface area contributed by atoms with E-state index >= 15 is 0 Å². The van der Waals surface area contributed by atoms with Crippen molar-refractivity contribution in [1.29, 1.82) is 0 Å². The van der Waals surface area contributed by atoms with Crippen molar-refractivity contribution >= 4 is 41.2 Å². The molecular formula is C21H29N5O4S. The van der Waals surface area contributed by atoms with Crippen molar-refractivity contribution in [1.82, 2.24) is 15.1 Å². The molecule has 0 aliphatic carbocycles. The van der Waals surface area contributed by atoms with Crippen LogP contribution in [0, 0.1) is 0 Å². The standard InChI is InChI=1S/C21H29N5O4S/c1-13(2)10-18(28)26-9-8-16(19(26)20(29)25(3)12-17(22)27)24-21(30)23-14-6-5-7-15(11-14)31-4/h5-7,10-11,16,19H,8-9,12H2,1-4H3,(H2,22,27)(H2,23,24,30). The van der Waals surface area contributed by atoms with Gasteiger partial charge in [0.1, 0.15) is 6.04 Å². The third-order valence-electron chi connectivity index (χ3n) is 4.76. The predicted octanol–water partition coefficient (Wildman–Crippen LogP) is 1.41. The quantitative estimate of drug-likeness (QED) is 0.431. The molecule has 0 aromatic heterocycles. The highest BCUT2D eigenvalue weighted by atomic mass is 32.2. The maximum absolute atomic E-state index is 13.0. The predicted molar refractivity (Wildman–Crippen MR) is 121 cm³/mol. The van der Waals surface area contributed by atoms with Crippen LogP contribution in [-0.4, -0.2) is 72.0 Å². The van der Waals surface area contributed by atoms with E-state index in [2.05, 4.69) is 10.6 Å². The second-order valence-corrected chi connectivity index (χ2v) is 8.46. The Labute approximate surface area is 186 Å². The number of thioether (sulfide) groups is 1. The zero-order chi connectivity index (χ0) is 23.1. The Hall–Kier alpha value is -3.01. The molecule has 1 heterocycles. The van der Waals surface area contributed by atoms with Gasteiger partial charge in [0, 0.05) is 30.3 Å². The lowest BCUT2D eigenvalue weighted by Gasteiger charge is -2.30. The summed E-state index contributed by atoms with van der Waals surface area (Å²) in [7, 11) is 1.44. The fraction of sp³-hybridized carbons (Fsp3) is 0.429. The molecule has 2 rings (SSSR count). The molecule has 1 aliphatic rings. The summed E-state index contributed by atoms with van der Waals surface area (Å²) in [5.41, 5.74) is 6.63. The third-order valence-corrected chi connectivity index (χ3v) is 5.48. The molecule has 0 spiro atoms. The number of rotatable bonds is 7. The number of hydrogen-bond acceptors (Lipinski definition) is 5. The molecule has 9 nitrogen and oxygen atoms in total. The van der Waals surface area contributed by atoms with Crippen LogP contribution in [0.3, 0.4) is 0 Å². The minimum atomic E-state index is -0.935. The van der Waals surface area contributed by atoms with Crippen molar-refractivity contribution in [3.05, 3.63) is 35.9 Å². The molecule has 0 radical (unpaired) electrons. The summed E-state index contributed by atoms with van der Waals surface area (Å²) in [5.74, 6) is -1.43. The van der Waals surface area contributed by atoms with Crippen molar-refractivity contribution < 1.29 is 19.2 Å². The van der Waals surface area contributed by atoms with Crippen molar-refractivity contribution in [2.45, 2.75) is 37.2 Å². The minimum Gasteiger partial charge on any atom is -0.368 e. The fourth-order valence-corrected chi connectivity index (χ4v) is 3.86. The highest BCUT2D eigenvalue weighted by molar-refractivity contribution is 7.98. The van der Waals surface area contributed by atoms with Gasteiger partial charge in [-0.1, -0.05) is 11.6 Å². The normalized spacial score (nSPS) is 17.6. The van der Waals surface area contributed by atoms with Gasteiger partial charge in [-0.25, -0.2) is 4.79 Å². The van der Waals surface area contributed by atoms with Crippen molar-refractivity contribution in [3.8, 4) is 0 Å². The largest absolute Gasteiger partial charge is 0.368 e. The van der Waals surface area contributed by atoms with Gasteiger partial charge < -0.3 is 26.2 Å². The molecule has 1 saturated heterocycles. The van der Waals surface area contributed by atoms with E-state index in [4.69, 9.17) is 5.73 Å². The van der Waals surface area contributed by atoms with E-state index in [9.17, 15) is 19.2 Å². The number of carbonyl (C=O) groups excluding carboxylic acids is 4. The minimum absolute atomic E-state index is 0.277. The Kier molecular flexibility index (Phi) is 8.49. The van der Waals surface area contributed by atoms with Gasteiger partial charge in [0.15, 0.2) is 0 Å². The first-order valence-corrected chi connectivity index (χ1v) is 11.0. The number of nitrogens with zero attached hydrogens (tertiary/aromatic N) is 2. The van der Waals surface area contributed by atoms with E-state index < -0.39 is 29.9 Å². The van der Waals surface area contributed by atoms with Gasteiger partial charge in [0.25, 0.3) is 0 Å². The monoisotopic (exact) mass is 447 g/mol.